The molecular formula is C30H23N7O. The number of nitrogens with zero attached hydrogens (tertiary/aromatic N) is 4. The lowest BCUT2D eigenvalue weighted by Crippen LogP contribution is -2.28. The van der Waals surface area contributed by atoms with E-state index in [1.165, 1.54) is 0 Å². The zero-order chi connectivity index (χ0) is 25.5. The lowest BCUT2D eigenvalue weighted by Gasteiger charge is -2.24. The van der Waals surface area contributed by atoms with E-state index >= 15 is 0 Å². The molecule has 2 aliphatic rings. The van der Waals surface area contributed by atoms with Gasteiger partial charge < -0.3 is 10.3 Å². The Morgan fingerprint density at radius 1 is 1.00 bits per heavy atom. The van der Waals surface area contributed by atoms with Crippen molar-refractivity contribution in [3.05, 3.63) is 96.0 Å². The van der Waals surface area contributed by atoms with Crippen LogP contribution in [-0.4, -0.2) is 36.0 Å². The Kier molecular flexibility index (Phi) is 5.31. The predicted octanol–water partition coefficient (Wildman–Crippen LogP) is 5.76. The van der Waals surface area contributed by atoms with Crippen molar-refractivity contribution >= 4 is 34.3 Å². The van der Waals surface area contributed by atoms with Crippen molar-refractivity contribution in [2.75, 3.05) is 5.32 Å². The number of pyridine rings is 3. The number of carbonyl (C=O) groups is 1. The van der Waals surface area contributed by atoms with Crippen LogP contribution in [0.5, 0.6) is 0 Å². The average molecular weight is 498 g/mol. The number of fused-ring (bicyclic) bond motifs is 2. The zero-order valence-electron chi connectivity index (χ0n) is 20.4. The molecule has 0 unspecified atom stereocenters. The highest BCUT2D eigenvalue weighted by molar-refractivity contribution is 5.96. The molecule has 8 heteroatoms. The molecular weight excluding hydrogens is 474 g/mol. The second-order valence-corrected chi connectivity index (χ2v) is 9.58. The van der Waals surface area contributed by atoms with Crippen molar-refractivity contribution in [3.8, 4) is 22.5 Å². The topological polar surface area (TPSA) is 112 Å². The molecule has 0 aliphatic heterocycles. The first-order valence-corrected chi connectivity index (χ1v) is 12.6. The summed E-state index contributed by atoms with van der Waals surface area (Å²) in [6.45, 7) is 0. The van der Waals surface area contributed by atoms with Gasteiger partial charge in [-0.2, -0.15) is 5.10 Å². The van der Waals surface area contributed by atoms with Crippen molar-refractivity contribution in [1.29, 1.82) is 0 Å². The molecule has 38 heavy (non-hydrogen) atoms. The molecule has 8 nitrogen and oxygen atoms in total. The van der Waals surface area contributed by atoms with Crippen LogP contribution in [0.3, 0.4) is 0 Å². The van der Waals surface area contributed by atoms with Crippen LogP contribution >= 0.6 is 0 Å². The summed E-state index contributed by atoms with van der Waals surface area (Å²) >= 11 is 0. The van der Waals surface area contributed by atoms with Gasteiger partial charge in [0.15, 0.2) is 5.65 Å². The fourth-order valence-electron chi connectivity index (χ4n) is 4.92. The molecule has 5 heterocycles. The van der Waals surface area contributed by atoms with Gasteiger partial charge >= 0.3 is 0 Å². The number of hydrogen-bond donors (Lipinski definition) is 3. The highest BCUT2D eigenvalue weighted by Crippen LogP contribution is 2.35. The van der Waals surface area contributed by atoms with Gasteiger partial charge in [0.2, 0.25) is 5.91 Å². The first-order valence-electron chi connectivity index (χ1n) is 12.6. The highest BCUT2D eigenvalue weighted by Gasteiger charge is 2.25. The molecule has 0 bridgehead atoms. The minimum absolute atomic E-state index is 0.0662. The van der Waals surface area contributed by atoms with Gasteiger partial charge in [-0.3, -0.25) is 19.9 Å². The molecule has 184 valence electrons. The van der Waals surface area contributed by atoms with Crippen LogP contribution in [0.25, 0.3) is 45.2 Å². The Bertz CT molecular complexity index is 1780. The summed E-state index contributed by atoms with van der Waals surface area (Å²) in [5, 5.41) is 11.5. The third-order valence-electron chi connectivity index (χ3n) is 7.20. The van der Waals surface area contributed by atoms with E-state index in [4.69, 9.17) is 0 Å². The van der Waals surface area contributed by atoms with E-state index in [1.807, 2.05) is 30.4 Å². The normalized spacial score (nSPS) is 14.6. The SMILES string of the molecule is O=C(Nc1cncc(-c2cnc3n[nH]c(-c4cc5c([nH]4)C=C=CC=C5c4ccncc4)c3c2)c1)C1CCC1. The zero-order valence-corrected chi connectivity index (χ0v) is 20.4. The summed E-state index contributed by atoms with van der Waals surface area (Å²) in [6.07, 6.45) is 17.8. The third kappa shape index (κ3) is 3.93. The summed E-state index contributed by atoms with van der Waals surface area (Å²) in [4.78, 5) is 29.0. The number of amides is 1. The molecule has 7 rings (SSSR count). The van der Waals surface area contributed by atoms with Crippen LogP contribution in [0, 0.1) is 5.92 Å². The smallest absolute Gasteiger partial charge is 0.227 e. The van der Waals surface area contributed by atoms with Gasteiger partial charge in [0.1, 0.15) is 0 Å². The van der Waals surface area contributed by atoms with Crippen LogP contribution in [-0.2, 0) is 4.79 Å². The molecule has 1 fully saturated rings. The minimum atomic E-state index is 0.0662. The molecule has 1 amide bonds. The number of nitrogens with one attached hydrogen (secondary N) is 3. The van der Waals surface area contributed by atoms with Crippen molar-refractivity contribution in [1.82, 2.24) is 30.1 Å². The molecule has 5 aromatic heterocycles. The number of carbonyl (C=O) groups excluding carboxylic acids is 1. The summed E-state index contributed by atoms with van der Waals surface area (Å²) in [5.41, 5.74) is 12.2. The van der Waals surface area contributed by atoms with E-state index in [9.17, 15) is 4.79 Å². The first kappa shape index (κ1) is 22.2. The van der Waals surface area contributed by atoms with Crippen molar-refractivity contribution in [3.63, 3.8) is 0 Å². The maximum absolute atomic E-state index is 12.4. The number of aromatic amines is 2. The Labute approximate surface area is 218 Å². The minimum Gasteiger partial charge on any atom is -0.353 e. The molecule has 1 saturated carbocycles. The van der Waals surface area contributed by atoms with Crippen LogP contribution in [0.15, 0.2) is 79.2 Å². The summed E-state index contributed by atoms with van der Waals surface area (Å²) in [7, 11) is 0. The summed E-state index contributed by atoms with van der Waals surface area (Å²) < 4.78 is 0. The molecule has 0 spiro atoms. The lowest BCUT2D eigenvalue weighted by molar-refractivity contribution is -0.122. The molecule has 0 saturated heterocycles. The maximum Gasteiger partial charge on any atom is 0.227 e. The monoisotopic (exact) mass is 497 g/mol. The van der Waals surface area contributed by atoms with E-state index in [-0.39, 0.29) is 11.8 Å². The number of allylic oxidation sites excluding steroid dienone is 2. The fourth-order valence-corrected chi connectivity index (χ4v) is 4.92. The van der Waals surface area contributed by atoms with Crippen LogP contribution in [0.2, 0.25) is 0 Å². The van der Waals surface area contributed by atoms with Crippen molar-refractivity contribution in [2.24, 2.45) is 5.92 Å². The molecule has 0 aromatic carbocycles. The fraction of sp³-hybridized carbons (Fsp3) is 0.133. The second-order valence-electron chi connectivity index (χ2n) is 9.58. The van der Waals surface area contributed by atoms with Gasteiger partial charge in [0, 0.05) is 58.9 Å². The molecule has 3 N–H and O–H groups in total. The predicted molar refractivity (Wildman–Crippen MR) is 147 cm³/mol. The number of rotatable bonds is 5. The van der Waals surface area contributed by atoms with E-state index < -0.39 is 0 Å². The van der Waals surface area contributed by atoms with Gasteiger partial charge in [0.05, 0.1) is 29.0 Å². The van der Waals surface area contributed by atoms with Crippen LogP contribution < -0.4 is 5.32 Å². The van der Waals surface area contributed by atoms with Gasteiger partial charge in [-0.1, -0.05) is 6.42 Å². The Hall–Kier alpha value is -5.07. The van der Waals surface area contributed by atoms with Crippen LogP contribution in [0.4, 0.5) is 5.69 Å². The number of hydrogen-bond acceptors (Lipinski definition) is 5. The highest BCUT2D eigenvalue weighted by atomic mass is 16.1. The number of anilines is 1. The quantitative estimate of drug-likeness (QED) is 0.267. The van der Waals surface area contributed by atoms with E-state index in [0.717, 1.165) is 69.6 Å². The van der Waals surface area contributed by atoms with Crippen molar-refractivity contribution in [2.45, 2.75) is 19.3 Å². The molecule has 5 aromatic rings. The first-order chi connectivity index (χ1) is 18.7. The van der Waals surface area contributed by atoms with Gasteiger partial charge in [0.25, 0.3) is 0 Å². The summed E-state index contributed by atoms with van der Waals surface area (Å²) in [5.74, 6) is 0.178. The maximum atomic E-state index is 12.4. The van der Waals surface area contributed by atoms with Gasteiger partial charge in [-0.25, -0.2) is 4.98 Å². The van der Waals surface area contributed by atoms with Crippen molar-refractivity contribution < 1.29 is 4.79 Å². The number of aromatic nitrogens is 6. The molecule has 0 radical (unpaired) electrons. The Balaban J connectivity index is 1.25. The van der Waals surface area contributed by atoms with E-state index in [0.29, 0.717) is 11.3 Å². The van der Waals surface area contributed by atoms with Crippen LogP contribution in [0.1, 0.15) is 36.1 Å². The molecule has 0 atom stereocenters. The Morgan fingerprint density at radius 3 is 2.71 bits per heavy atom. The average Bonchev–Trinajstić information content (AvgIpc) is 3.47. The van der Waals surface area contributed by atoms with Gasteiger partial charge in [-0.05, 0) is 66.5 Å². The van der Waals surface area contributed by atoms with Gasteiger partial charge in [-0.15, -0.1) is 5.73 Å². The van der Waals surface area contributed by atoms with E-state index in [2.05, 4.69) is 59.4 Å². The molecule has 2 aliphatic carbocycles. The lowest BCUT2D eigenvalue weighted by atomic mass is 9.85. The summed E-state index contributed by atoms with van der Waals surface area (Å²) in [6, 6.07) is 10.1. The van der Waals surface area contributed by atoms with E-state index in [1.54, 1.807) is 31.0 Å². The third-order valence-corrected chi connectivity index (χ3v) is 7.20. The number of H-pyrrole nitrogens is 2. The second kappa shape index (κ2) is 9.10. The Morgan fingerprint density at radius 2 is 1.87 bits per heavy atom. The largest absolute Gasteiger partial charge is 0.353 e. The standard InChI is InChI=1S/C30H23N7O/c38-30(19-4-3-5-19)34-22-12-20(15-32-17-22)21-13-25-28(36-37-29(25)33-16-21)27-14-24-23(18-8-10-31-11-9-18)6-1-2-7-26(24)35-27/h1,6-17,19,35H,3-5H2,(H,34,38)(H,33,36,37).